The molecule has 1 aliphatic rings. The second-order valence-corrected chi connectivity index (χ2v) is 6.09. The van der Waals surface area contributed by atoms with Crippen molar-refractivity contribution < 1.29 is 14.0 Å². The molecule has 3 amide bonds. The number of furan rings is 1. The van der Waals surface area contributed by atoms with E-state index in [4.69, 9.17) is 4.42 Å². The highest BCUT2D eigenvalue weighted by molar-refractivity contribution is 5.92. The number of carbonyl (C=O) groups is 2. The Bertz CT molecular complexity index is 719. The summed E-state index contributed by atoms with van der Waals surface area (Å²) in [5.74, 6) is 0.213. The molecule has 1 aromatic carbocycles. The van der Waals surface area contributed by atoms with E-state index < -0.39 is 0 Å². The van der Waals surface area contributed by atoms with E-state index in [1.165, 1.54) is 6.26 Å². The summed E-state index contributed by atoms with van der Waals surface area (Å²) in [6.07, 6.45) is 3.45. The molecule has 0 radical (unpaired) electrons. The highest BCUT2D eigenvalue weighted by Gasteiger charge is 2.26. The van der Waals surface area contributed by atoms with Crippen LogP contribution in [-0.2, 0) is 6.42 Å². The lowest BCUT2D eigenvalue weighted by atomic mass is 10.1. The Balaban J connectivity index is 1.56. The number of benzene rings is 1. The molecule has 0 unspecified atom stereocenters. The molecular formula is C19H23N3O3. The van der Waals surface area contributed by atoms with Crippen molar-refractivity contribution in [2.45, 2.75) is 19.8 Å². The molecule has 1 saturated heterocycles. The summed E-state index contributed by atoms with van der Waals surface area (Å²) in [6, 6.07) is 11.1. The average Bonchev–Trinajstić information content (AvgIpc) is 3.18. The van der Waals surface area contributed by atoms with E-state index in [1.54, 1.807) is 21.9 Å². The minimum atomic E-state index is -0.127. The molecule has 0 saturated carbocycles. The molecule has 6 heteroatoms. The lowest BCUT2D eigenvalue weighted by molar-refractivity contribution is 0.0640. The fraction of sp³-hybridized carbons (Fsp3) is 0.368. The third kappa shape index (κ3) is 4.02. The second kappa shape index (κ2) is 7.88. The third-order valence-electron chi connectivity index (χ3n) is 4.36. The van der Waals surface area contributed by atoms with Crippen LogP contribution in [0.3, 0.4) is 0 Å². The van der Waals surface area contributed by atoms with E-state index in [0.717, 1.165) is 24.1 Å². The van der Waals surface area contributed by atoms with Crippen LogP contribution in [0.4, 0.5) is 10.5 Å². The van der Waals surface area contributed by atoms with Gasteiger partial charge in [-0.25, -0.2) is 4.79 Å². The molecule has 2 heterocycles. The van der Waals surface area contributed by atoms with Crippen LogP contribution in [0.5, 0.6) is 0 Å². The number of rotatable bonds is 4. The number of carbonyl (C=O) groups excluding carboxylic acids is 2. The van der Waals surface area contributed by atoms with Gasteiger partial charge in [0.2, 0.25) is 0 Å². The first-order valence-electron chi connectivity index (χ1n) is 8.65. The van der Waals surface area contributed by atoms with Crippen LogP contribution in [0.15, 0.2) is 47.1 Å². The maximum atomic E-state index is 12.5. The van der Waals surface area contributed by atoms with E-state index in [9.17, 15) is 9.59 Å². The minimum Gasteiger partial charge on any atom is -0.459 e. The van der Waals surface area contributed by atoms with Crippen molar-refractivity contribution in [3.63, 3.8) is 0 Å². The molecule has 3 rings (SSSR count). The summed E-state index contributed by atoms with van der Waals surface area (Å²) in [7, 11) is 0. The standard InChI is InChI=1S/C19H23N3O3/c1-2-6-15-7-3-4-8-16(15)20-19(24)22-12-10-21(11-13-22)18(23)17-9-5-14-25-17/h3-5,7-9,14H,2,6,10-13H2,1H3,(H,20,24). The van der Waals surface area contributed by atoms with Crippen molar-refractivity contribution in [2.75, 3.05) is 31.5 Å². The molecule has 0 spiro atoms. The van der Waals surface area contributed by atoms with Gasteiger partial charge in [-0.1, -0.05) is 31.5 Å². The van der Waals surface area contributed by atoms with Crippen LogP contribution >= 0.6 is 0 Å². The number of anilines is 1. The van der Waals surface area contributed by atoms with Crippen molar-refractivity contribution in [1.29, 1.82) is 0 Å². The van der Waals surface area contributed by atoms with Gasteiger partial charge in [0.15, 0.2) is 5.76 Å². The first-order valence-corrected chi connectivity index (χ1v) is 8.65. The van der Waals surface area contributed by atoms with Crippen molar-refractivity contribution in [1.82, 2.24) is 9.80 Å². The van der Waals surface area contributed by atoms with Crippen molar-refractivity contribution in [2.24, 2.45) is 0 Å². The van der Waals surface area contributed by atoms with Crippen LogP contribution in [0.2, 0.25) is 0 Å². The number of hydrogen-bond donors (Lipinski definition) is 1. The predicted octanol–water partition coefficient (Wildman–Crippen LogP) is 3.22. The summed E-state index contributed by atoms with van der Waals surface area (Å²) in [6.45, 7) is 4.14. The smallest absolute Gasteiger partial charge is 0.321 e. The van der Waals surface area contributed by atoms with Gasteiger partial charge in [0.25, 0.3) is 5.91 Å². The summed E-state index contributed by atoms with van der Waals surface area (Å²) >= 11 is 0. The highest BCUT2D eigenvalue weighted by atomic mass is 16.3. The molecule has 132 valence electrons. The van der Waals surface area contributed by atoms with Crippen molar-refractivity contribution >= 4 is 17.6 Å². The van der Waals surface area contributed by atoms with Gasteiger partial charge in [-0.05, 0) is 30.2 Å². The van der Waals surface area contributed by atoms with Gasteiger partial charge in [-0.15, -0.1) is 0 Å². The number of para-hydroxylation sites is 1. The topological polar surface area (TPSA) is 65.8 Å². The van der Waals surface area contributed by atoms with Gasteiger partial charge in [-0.2, -0.15) is 0 Å². The average molecular weight is 341 g/mol. The number of nitrogens with one attached hydrogen (secondary N) is 1. The lowest BCUT2D eigenvalue weighted by Gasteiger charge is -2.34. The number of aryl methyl sites for hydroxylation is 1. The van der Waals surface area contributed by atoms with E-state index in [-0.39, 0.29) is 11.9 Å². The fourth-order valence-corrected chi connectivity index (χ4v) is 2.99. The first-order chi connectivity index (χ1) is 12.2. The van der Waals surface area contributed by atoms with Gasteiger partial charge in [-0.3, -0.25) is 4.79 Å². The molecule has 0 aliphatic carbocycles. The van der Waals surface area contributed by atoms with Gasteiger partial charge in [0, 0.05) is 31.9 Å². The Morgan fingerprint density at radius 3 is 2.44 bits per heavy atom. The number of piperazine rings is 1. The Labute approximate surface area is 147 Å². The first kappa shape index (κ1) is 17.1. The van der Waals surface area contributed by atoms with Gasteiger partial charge in [0.05, 0.1) is 6.26 Å². The van der Waals surface area contributed by atoms with Crippen LogP contribution < -0.4 is 5.32 Å². The summed E-state index contributed by atoms with van der Waals surface area (Å²) < 4.78 is 5.15. The predicted molar refractivity (Wildman–Crippen MR) is 95.6 cm³/mol. The lowest BCUT2D eigenvalue weighted by Crippen LogP contribution is -2.51. The van der Waals surface area contributed by atoms with Crippen LogP contribution in [0.1, 0.15) is 29.5 Å². The quantitative estimate of drug-likeness (QED) is 0.928. The number of amides is 3. The zero-order chi connectivity index (χ0) is 17.6. The second-order valence-electron chi connectivity index (χ2n) is 6.09. The zero-order valence-electron chi connectivity index (χ0n) is 14.4. The molecule has 6 nitrogen and oxygen atoms in total. The SMILES string of the molecule is CCCc1ccccc1NC(=O)N1CCN(C(=O)c2ccco2)CC1. The summed E-state index contributed by atoms with van der Waals surface area (Å²) in [5, 5.41) is 3.00. The van der Waals surface area contributed by atoms with Crippen LogP contribution in [0.25, 0.3) is 0 Å². The fourth-order valence-electron chi connectivity index (χ4n) is 2.99. The monoisotopic (exact) mass is 341 g/mol. The molecule has 1 aromatic heterocycles. The molecule has 2 aromatic rings. The number of hydrogen-bond acceptors (Lipinski definition) is 3. The third-order valence-corrected chi connectivity index (χ3v) is 4.36. The Morgan fingerprint density at radius 2 is 1.76 bits per heavy atom. The summed E-state index contributed by atoms with van der Waals surface area (Å²) in [5.41, 5.74) is 2.01. The molecule has 1 N–H and O–H groups in total. The highest BCUT2D eigenvalue weighted by Crippen LogP contribution is 2.18. The maximum Gasteiger partial charge on any atom is 0.321 e. The van der Waals surface area contributed by atoms with Crippen LogP contribution in [-0.4, -0.2) is 47.9 Å². The van der Waals surface area contributed by atoms with Gasteiger partial charge in [0.1, 0.15) is 0 Å². The molecule has 1 fully saturated rings. The molecule has 25 heavy (non-hydrogen) atoms. The van der Waals surface area contributed by atoms with Gasteiger partial charge < -0.3 is 19.5 Å². The molecular weight excluding hydrogens is 318 g/mol. The van der Waals surface area contributed by atoms with Crippen molar-refractivity contribution in [3.8, 4) is 0 Å². The Kier molecular flexibility index (Phi) is 5.38. The largest absolute Gasteiger partial charge is 0.459 e. The van der Waals surface area contributed by atoms with E-state index in [1.807, 2.05) is 24.3 Å². The zero-order valence-corrected chi connectivity index (χ0v) is 14.4. The molecule has 0 bridgehead atoms. The summed E-state index contributed by atoms with van der Waals surface area (Å²) in [4.78, 5) is 28.2. The van der Waals surface area contributed by atoms with E-state index in [0.29, 0.717) is 31.9 Å². The maximum absolute atomic E-state index is 12.5. The van der Waals surface area contributed by atoms with Crippen molar-refractivity contribution in [3.05, 3.63) is 54.0 Å². The molecule has 0 atom stereocenters. The Morgan fingerprint density at radius 1 is 1.04 bits per heavy atom. The Hall–Kier alpha value is -2.76. The normalized spacial score (nSPS) is 14.4. The van der Waals surface area contributed by atoms with Gasteiger partial charge >= 0.3 is 6.03 Å². The van der Waals surface area contributed by atoms with E-state index in [2.05, 4.69) is 12.2 Å². The van der Waals surface area contributed by atoms with Crippen LogP contribution in [0, 0.1) is 0 Å². The number of nitrogens with zero attached hydrogens (tertiary/aromatic N) is 2. The minimum absolute atomic E-state index is 0.117. The van der Waals surface area contributed by atoms with E-state index >= 15 is 0 Å². The molecule has 1 aliphatic heterocycles. The number of urea groups is 1.